The number of ether oxygens (including phenoxy) is 1. The summed E-state index contributed by atoms with van der Waals surface area (Å²) in [7, 11) is 0. The third-order valence-corrected chi connectivity index (χ3v) is 5.72. The minimum absolute atomic E-state index is 0.0999. The maximum Gasteiger partial charge on any atom is 0.246 e. The molecule has 1 spiro atoms. The topological polar surface area (TPSA) is 58.6 Å². The molecule has 0 aromatic carbocycles. The minimum atomic E-state index is -0.584. The lowest BCUT2D eigenvalue weighted by molar-refractivity contribution is -0.164. The van der Waals surface area contributed by atoms with Gasteiger partial charge in [-0.25, -0.2) is 0 Å². The molecule has 2 amide bonds. The van der Waals surface area contributed by atoms with Gasteiger partial charge >= 0.3 is 0 Å². The molecule has 0 radical (unpaired) electrons. The van der Waals surface area contributed by atoms with Crippen molar-refractivity contribution < 1.29 is 14.3 Å². The molecule has 2 aliphatic heterocycles. The van der Waals surface area contributed by atoms with E-state index < -0.39 is 5.54 Å². The van der Waals surface area contributed by atoms with Gasteiger partial charge in [0.25, 0.3) is 0 Å². The van der Waals surface area contributed by atoms with Gasteiger partial charge in [-0.15, -0.1) is 0 Å². The zero-order valence-corrected chi connectivity index (χ0v) is 12.5. The van der Waals surface area contributed by atoms with Crippen LogP contribution in [0.2, 0.25) is 0 Å². The van der Waals surface area contributed by atoms with Crippen LogP contribution in [0.5, 0.6) is 0 Å². The van der Waals surface area contributed by atoms with Gasteiger partial charge in [0, 0.05) is 6.61 Å². The minimum Gasteiger partial charge on any atom is -0.379 e. The number of amides is 2. The molecule has 2 unspecified atom stereocenters. The van der Waals surface area contributed by atoms with Crippen LogP contribution in [0.25, 0.3) is 0 Å². The second-order valence-corrected chi connectivity index (χ2v) is 7.11. The molecular formula is C16H24N2O3. The van der Waals surface area contributed by atoms with Crippen LogP contribution in [0.1, 0.15) is 51.4 Å². The number of piperazine rings is 1. The Morgan fingerprint density at radius 2 is 1.86 bits per heavy atom. The van der Waals surface area contributed by atoms with Crippen LogP contribution in [0.4, 0.5) is 0 Å². The average molecular weight is 292 g/mol. The molecule has 2 atom stereocenters. The highest BCUT2D eigenvalue weighted by Crippen LogP contribution is 2.43. The molecule has 0 aromatic heterocycles. The first kappa shape index (κ1) is 13.6. The van der Waals surface area contributed by atoms with Gasteiger partial charge in [-0.2, -0.15) is 0 Å². The number of hydrogen-bond acceptors (Lipinski definition) is 3. The predicted molar refractivity (Wildman–Crippen MR) is 76.5 cm³/mol. The van der Waals surface area contributed by atoms with Gasteiger partial charge in [0.2, 0.25) is 11.8 Å². The van der Waals surface area contributed by atoms with Crippen molar-refractivity contribution in [3.63, 3.8) is 0 Å². The summed E-state index contributed by atoms with van der Waals surface area (Å²) < 4.78 is 5.51. The maximum absolute atomic E-state index is 13.1. The summed E-state index contributed by atoms with van der Waals surface area (Å²) in [6.07, 6.45) is 7.90. The molecule has 0 bridgehead atoms. The van der Waals surface area contributed by atoms with Gasteiger partial charge in [-0.1, -0.05) is 19.3 Å². The molecule has 116 valence electrons. The molecule has 2 heterocycles. The highest BCUT2D eigenvalue weighted by atomic mass is 16.5. The first-order chi connectivity index (χ1) is 10.2. The number of carbonyl (C=O) groups excluding carboxylic acids is 2. The molecular weight excluding hydrogens is 268 g/mol. The first-order valence-electron chi connectivity index (χ1n) is 8.44. The zero-order valence-electron chi connectivity index (χ0n) is 12.5. The van der Waals surface area contributed by atoms with E-state index in [2.05, 4.69) is 5.32 Å². The Morgan fingerprint density at radius 3 is 2.48 bits per heavy atom. The molecule has 1 N–H and O–H groups in total. The molecule has 2 aliphatic carbocycles. The molecule has 2 saturated carbocycles. The third kappa shape index (κ3) is 2.08. The van der Waals surface area contributed by atoms with E-state index in [1.165, 1.54) is 6.42 Å². The Labute approximate surface area is 125 Å². The number of hydrogen-bond donors (Lipinski definition) is 1. The van der Waals surface area contributed by atoms with Crippen molar-refractivity contribution in [1.29, 1.82) is 0 Å². The SMILES string of the molecule is O=C1C(C2CC2)NC(=O)C2(CCCCC2)N1C1CCOC1. The summed E-state index contributed by atoms with van der Waals surface area (Å²) in [5.74, 6) is 0.632. The third-order valence-electron chi connectivity index (χ3n) is 5.72. The van der Waals surface area contributed by atoms with E-state index in [4.69, 9.17) is 4.74 Å². The van der Waals surface area contributed by atoms with Crippen LogP contribution in [0.3, 0.4) is 0 Å². The van der Waals surface area contributed by atoms with Gasteiger partial charge in [0.05, 0.1) is 12.6 Å². The lowest BCUT2D eigenvalue weighted by atomic mass is 9.76. The van der Waals surface area contributed by atoms with Gasteiger partial charge in [0.1, 0.15) is 11.6 Å². The fraction of sp³-hybridized carbons (Fsp3) is 0.875. The Kier molecular flexibility index (Phi) is 3.21. The largest absolute Gasteiger partial charge is 0.379 e. The van der Waals surface area contributed by atoms with E-state index in [-0.39, 0.29) is 23.9 Å². The lowest BCUT2D eigenvalue weighted by Crippen LogP contribution is -2.73. The monoisotopic (exact) mass is 292 g/mol. The van der Waals surface area contributed by atoms with Crippen LogP contribution in [-0.2, 0) is 14.3 Å². The standard InChI is InChI=1S/C16H24N2O3/c19-14-13(11-4-5-11)17-15(20)16(7-2-1-3-8-16)18(14)12-6-9-21-10-12/h11-13H,1-10H2,(H,17,20). The summed E-state index contributed by atoms with van der Waals surface area (Å²) in [6, 6.07) is -0.173. The molecule has 4 rings (SSSR count). The quantitative estimate of drug-likeness (QED) is 0.832. The van der Waals surface area contributed by atoms with Crippen molar-refractivity contribution >= 4 is 11.8 Å². The van der Waals surface area contributed by atoms with Gasteiger partial charge < -0.3 is 15.0 Å². The van der Waals surface area contributed by atoms with Crippen LogP contribution < -0.4 is 5.32 Å². The average Bonchev–Trinajstić information content (AvgIpc) is 3.20. The molecule has 4 fully saturated rings. The van der Waals surface area contributed by atoms with Gasteiger partial charge in [0.15, 0.2) is 0 Å². The Hall–Kier alpha value is -1.10. The normalized spacial score (nSPS) is 36.1. The predicted octanol–water partition coefficient (Wildman–Crippen LogP) is 1.22. The Bertz CT molecular complexity index is 448. The summed E-state index contributed by atoms with van der Waals surface area (Å²) >= 11 is 0. The molecule has 0 aromatic rings. The van der Waals surface area contributed by atoms with Crippen LogP contribution in [0, 0.1) is 5.92 Å². The Balaban J connectivity index is 1.69. The zero-order chi connectivity index (χ0) is 14.4. The lowest BCUT2D eigenvalue weighted by Gasteiger charge is -2.52. The molecule has 21 heavy (non-hydrogen) atoms. The van der Waals surface area contributed by atoms with E-state index in [1.54, 1.807) is 0 Å². The van der Waals surface area contributed by atoms with Crippen molar-refractivity contribution in [3.8, 4) is 0 Å². The first-order valence-corrected chi connectivity index (χ1v) is 8.44. The Morgan fingerprint density at radius 1 is 1.10 bits per heavy atom. The van der Waals surface area contributed by atoms with Crippen molar-refractivity contribution in [1.82, 2.24) is 10.2 Å². The van der Waals surface area contributed by atoms with Crippen molar-refractivity contribution in [2.24, 2.45) is 5.92 Å². The highest BCUT2D eigenvalue weighted by molar-refractivity contribution is 6.00. The number of nitrogens with zero attached hydrogens (tertiary/aromatic N) is 1. The summed E-state index contributed by atoms with van der Waals surface area (Å²) in [4.78, 5) is 27.9. The number of nitrogens with one attached hydrogen (secondary N) is 1. The summed E-state index contributed by atoms with van der Waals surface area (Å²) in [5, 5.41) is 3.07. The van der Waals surface area contributed by atoms with Crippen LogP contribution in [-0.4, -0.2) is 47.6 Å². The van der Waals surface area contributed by atoms with Crippen molar-refractivity contribution in [2.45, 2.75) is 69.0 Å². The van der Waals surface area contributed by atoms with Gasteiger partial charge in [-0.3, -0.25) is 9.59 Å². The fourth-order valence-electron chi connectivity index (χ4n) is 4.42. The molecule has 5 heteroatoms. The second kappa shape index (κ2) is 4.97. The fourth-order valence-corrected chi connectivity index (χ4v) is 4.42. The van der Waals surface area contributed by atoms with Crippen molar-refractivity contribution in [3.05, 3.63) is 0 Å². The smallest absolute Gasteiger partial charge is 0.246 e. The molecule has 4 aliphatic rings. The van der Waals surface area contributed by atoms with E-state index >= 15 is 0 Å². The van der Waals surface area contributed by atoms with E-state index in [9.17, 15) is 9.59 Å². The van der Waals surface area contributed by atoms with Gasteiger partial charge in [-0.05, 0) is 38.0 Å². The maximum atomic E-state index is 13.1. The van der Waals surface area contributed by atoms with Crippen LogP contribution >= 0.6 is 0 Å². The molecule has 2 saturated heterocycles. The van der Waals surface area contributed by atoms with E-state index in [1.807, 2.05) is 4.90 Å². The van der Waals surface area contributed by atoms with E-state index in [0.717, 1.165) is 44.9 Å². The second-order valence-electron chi connectivity index (χ2n) is 7.11. The number of rotatable bonds is 2. The van der Waals surface area contributed by atoms with E-state index in [0.29, 0.717) is 19.1 Å². The van der Waals surface area contributed by atoms with Crippen LogP contribution in [0.15, 0.2) is 0 Å². The van der Waals surface area contributed by atoms with Crippen molar-refractivity contribution in [2.75, 3.05) is 13.2 Å². The molecule has 5 nitrogen and oxygen atoms in total. The number of carbonyl (C=O) groups is 2. The highest BCUT2D eigenvalue weighted by Gasteiger charge is 2.57. The summed E-state index contributed by atoms with van der Waals surface area (Å²) in [5.41, 5.74) is -0.584. The summed E-state index contributed by atoms with van der Waals surface area (Å²) in [6.45, 7) is 1.30.